The number of hydrazine groups is 1. The second kappa shape index (κ2) is 8.05. The van der Waals surface area contributed by atoms with Crippen LogP contribution in [0, 0.1) is 6.92 Å². The topological polar surface area (TPSA) is 58.4 Å². The van der Waals surface area contributed by atoms with E-state index in [4.69, 9.17) is 5.84 Å². The molecule has 1 aliphatic carbocycles. The standard InChI is InChI=1S/C20H22F3N3OS/c1-12-6-9-16(20(21,22)23)18(10-12)28-11-15-14(13-7-8-13)4-3-5-17(15)25-19(27)26(2)24/h3-6,9-10,13H,7-8,11,24H2,1-2H3,(H,25,27). The minimum absolute atomic E-state index is 0.186. The fourth-order valence-electron chi connectivity index (χ4n) is 3.00. The zero-order valence-electron chi connectivity index (χ0n) is 15.6. The van der Waals surface area contributed by atoms with Gasteiger partial charge in [-0.05, 0) is 60.6 Å². The number of nitrogens with two attached hydrogens (primary N) is 1. The van der Waals surface area contributed by atoms with Crippen LogP contribution in [0.2, 0.25) is 0 Å². The van der Waals surface area contributed by atoms with E-state index in [0.29, 0.717) is 17.4 Å². The van der Waals surface area contributed by atoms with Crippen molar-refractivity contribution in [2.45, 2.75) is 42.5 Å². The first-order chi connectivity index (χ1) is 13.2. The summed E-state index contributed by atoms with van der Waals surface area (Å²) in [7, 11) is 1.43. The first-order valence-corrected chi connectivity index (χ1v) is 9.87. The highest BCUT2D eigenvalue weighted by atomic mass is 32.2. The Morgan fingerprint density at radius 1 is 1.29 bits per heavy atom. The Labute approximate surface area is 166 Å². The summed E-state index contributed by atoms with van der Waals surface area (Å²) in [6.07, 6.45) is -2.32. The molecular formula is C20H22F3N3OS. The average molecular weight is 409 g/mol. The second-order valence-electron chi connectivity index (χ2n) is 6.97. The molecular weight excluding hydrogens is 387 g/mol. The van der Waals surface area contributed by atoms with Gasteiger partial charge in [0.1, 0.15) is 0 Å². The van der Waals surface area contributed by atoms with Gasteiger partial charge in [-0.1, -0.05) is 18.2 Å². The number of hydrogen-bond donors (Lipinski definition) is 2. The molecule has 4 nitrogen and oxygen atoms in total. The third-order valence-corrected chi connectivity index (χ3v) is 5.69. The van der Waals surface area contributed by atoms with Crippen LogP contribution < -0.4 is 11.2 Å². The molecule has 0 atom stereocenters. The Morgan fingerprint density at radius 3 is 2.61 bits per heavy atom. The molecule has 0 radical (unpaired) electrons. The monoisotopic (exact) mass is 409 g/mol. The van der Waals surface area contributed by atoms with E-state index >= 15 is 0 Å². The SMILES string of the molecule is Cc1ccc(C(F)(F)F)c(SCc2c(NC(=O)N(C)N)cccc2C2CC2)c1. The molecule has 0 heterocycles. The van der Waals surface area contributed by atoms with Crippen LogP contribution in [0.5, 0.6) is 0 Å². The first kappa shape index (κ1) is 20.5. The highest BCUT2D eigenvalue weighted by molar-refractivity contribution is 7.98. The summed E-state index contributed by atoms with van der Waals surface area (Å²) in [4.78, 5) is 12.2. The normalized spacial score (nSPS) is 14.1. The molecule has 3 rings (SSSR count). The minimum atomic E-state index is -4.41. The molecule has 1 saturated carbocycles. The second-order valence-corrected chi connectivity index (χ2v) is 7.99. The first-order valence-electron chi connectivity index (χ1n) is 8.88. The summed E-state index contributed by atoms with van der Waals surface area (Å²) in [6, 6.07) is 9.25. The van der Waals surface area contributed by atoms with E-state index in [9.17, 15) is 18.0 Å². The summed E-state index contributed by atoms with van der Waals surface area (Å²) in [5, 5.41) is 3.69. The largest absolute Gasteiger partial charge is 0.417 e. The number of nitrogens with one attached hydrogen (secondary N) is 1. The molecule has 1 aliphatic rings. The van der Waals surface area contributed by atoms with Crippen LogP contribution >= 0.6 is 11.8 Å². The molecule has 150 valence electrons. The predicted octanol–water partition coefficient (Wildman–Crippen LogP) is 5.52. The number of benzene rings is 2. The molecule has 0 spiro atoms. The molecule has 8 heteroatoms. The van der Waals surface area contributed by atoms with Gasteiger partial charge in [-0.15, -0.1) is 11.8 Å². The van der Waals surface area contributed by atoms with Crippen molar-refractivity contribution in [1.29, 1.82) is 0 Å². The molecule has 2 aromatic rings. The number of carbonyl (C=O) groups excluding carboxylic acids is 1. The van der Waals surface area contributed by atoms with E-state index in [1.54, 1.807) is 19.1 Å². The van der Waals surface area contributed by atoms with Crippen molar-refractivity contribution in [2.75, 3.05) is 12.4 Å². The Hall–Kier alpha value is -2.19. The number of hydrogen-bond acceptors (Lipinski definition) is 3. The summed E-state index contributed by atoms with van der Waals surface area (Å²) in [5.74, 6) is 6.20. The van der Waals surface area contributed by atoms with Gasteiger partial charge in [0, 0.05) is 23.4 Å². The van der Waals surface area contributed by atoms with Crippen LogP contribution in [0.1, 0.15) is 41.0 Å². The molecule has 0 saturated heterocycles. The molecule has 2 aromatic carbocycles. The van der Waals surface area contributed by atoms with Crippen LogP contribution in [0.15, 0.2) is 41.3 Å². The Kier molecular flexibility index (Phi) is 5.90. The van der Waals surface area contributed by atoms with E-state index in [1.807, 2.05) is 12.1 Å². The van der Waals surface area contributed by atoms with Crippen molar-refractivity contribution < 1.29 is 18.0 Å². The quantitative estimate of drug-likeness (QED) is 0.296. The number of aryl methyl sites for hydroxylation is 1. The summed E-state index contributed by atoms with van der Waals surface area (Å²) in [6.45, 7) is 1.77. The van der Waals surface area contributed by atoms with Gasteiger partial charge in [-0.3, -0.25) is 5.01 Å². The van der Waals surface area contributed by atoms with E-state index in [1.165, 1.54) is 13.1 Å². The van der Waals surface area contributed by atoms with Gasteiger partial charge in [0.05, 0.1) is 5.56 Å². The third kappa shape index (κ3) is 4.80. The number of alkyl halides is 3. The van der Waals surface area contributed by atoms with Crippen LogP contribution in [-0.4, -0.2) is 18.1 Å². The summed E-state index contributed by atoms with van der Waals surface area (Å²) in [5.41, 5.74) is 2.63. The minimum Gasteiger partial charge on any atom is -0.306 e. The number of carbonyl (C=O) groups is 1. The molecule has 0 bridgehead atoms. The van der Waals surface area contributed by atoms with E-state index in [-0.39, 0.29) is 4.90 Å². The summed E-state index contributed by atoms with van der Waals surface area (Å²) >= 11 is 1.13. The molecule has 3 N–H and O–H groups in total. The van der Waals surface area contributed by atoms with Gasteiger partial charge in [0.15, 0.2) is 0 Å². The third-order valence-electron chi connectivity index (χ3n) is 4.61. The van der Waals surface area contributed by atoms with Gasteiger partial charge < -0.3 is 5.32 Å². The van der Waals surface area contributed by atoms with Gasteiger partial charge in [0.25, 0.3) is 0 Å². The molecule has 1 fully saturated rings. The maximum Gasteiger partial charge on any atom is 0.417 e. The van der Waals surface area contributed by atoms with Crippen LogP contribution in [0.3, 0.4) is 0 Å². The Morgan fingerprint density at radius 2 is 2.00 bits per heavy atom. The van der Waals surface area contributed by atoms with Gasteiger partial charge in [-0.2, -0.15) is 13.2 Å². The van der Waals surface area contributed by atoms with Crippen LogP contribution in [0.4, 0.5) is 23.7 Å². The highest BCUT2D eigenvalue weighted by Crippen LogP contribution is 2.45. The fourth-order valence-corrected chi connectivity index (χ4v) is 4.23. The average Bonchev–Trinajstić information content (AvgIpc) is 3.44. The van der Waals surface area contributed by atoms with Crippen LogP contribution in [0.25, 0.3) is 0 Å². The summed E-state index contributed by atoms with van der Waals surface area (Å²) < 4.78 is 40.1. The number of anilines is 1. The number of amides is 2. The lowest BCUT2D eigenvalue weighted by Gasteiger charge is -2.19. The zero-order valence-corrected chi connectivity index (χ0v) is 16.5. The smallest absolute Gasteiger partial charge is 0.306 e. The highest BCUT2D eigenvalue weighted by Gasteiger charge is 2.34. The number of rotatable bonds is 5. The van der Waals surface area contributed by atoms with Gasteiger partial charge in [0.2, 0.25) is 0 Å². The van der Waals surface area contributed by atoms with Crippen LogP contribution in [-0.2, 0) is 11.9 Å². The van der Waals surface area contributed by atoms with Gasteiger partial charge >= 0.3 is 12.2 Å². The predicted molar refractivity (Wildman–Crippen MR) is 105 cm³/mol. The van der Waals surface area contributed by atoms with Crippen molar-refractivity contribution in [2.24, 2.45) is 5.84 Å². The van der Waals surface area contributed by atoms with Crippen molar-refractivity contribution in [3.63, 3.8) is 0 Å². The maximum atomic E-state index is 13.4. The van der Waals surface area contributed by atoms with Crippen molar-refractivity contribution in [1.82, 2.24) is 5.01 Å². The molecule has 0 unspecified atom stereocenters. The molecule has 2 amide bonds. The zero-order chi connectivity index (χ0) is 20.5. The lowest BCUT2D eigenvalue weighted by atomic mass is 10.0. The van der Waals surface area contributed by atoms with Crippen molar-refractivity contribution in [3.8, 4) is 0 Å². The van der Waals surface area contributed by atoms with E-state index in [2.05, 4.69) is 5.32 Å². The lowest BCUT2D eigenvalue weighted by molar-refractivity contribution is -0.139. The van der Waals surface area contributed by atoms with Crippen molar-refractivity contribution >= 4 is 23.5 Å². The molecule has 0 aromatic heterocycles. The molecule has 0 aliphatic heterocycles. The van der Waals surface area contributed by atoms with E-state index < -0.39 is 17.8 Å². The Bertz CT molecular complexity index is 879. The Balaban J connectivity index is 1.92. The lowest BCUT2D eigenvalue weighted by Crippen LogP contribution is -2.37. The maximum absolute atomic E-state index is 13.4. The molecule has 28 heavy (non-hydrogen) atoms. The number of halogens is 3. The number of thioether (sulfide) groups is 1. The van der Waals surface area contributed by atoms with Gasteiger partial charge in [-0.25, -0.2) is 10.6 Å². The van der Waals surface area contributed by atoms with Crippen molar-refractivity contribution in [3.05, 3.63) is 58.7 Å². The number of nitrogens with zero attached hydrogens (tertiary/aromatic N) is 1. The van der Waals surface area contributed by atoms with E-state index in [0.717, 1.165) is 52.4 Å². The fraction of sp³-hybridized carbons (Fsp3) is 0.350. The number of urea groups is 1.